The van der Waals surface area contributed by atoms with Gasteiger partial charge in [0.15, 0.2) is 0 Å². The van der Waals surface area contributed by atoms with E-state index in [1.807, 2.05) is 0 Å². The minimum absolute atomic E-state index is 0.0342. The number of nitrogens with one attached hydrogen (secondary N) is 1. The number of aryl methyl sites for hydroxylation is 1. The van der Waals surface area contributed by atoms with Crippen LogP contribution in [0.2, 0.25) is 0 Å². The molecule has 168 valence electrons. The van der Waals surface area contributed by atoms with E-state index in [9.17, 15) is 26.6 Å². The third kappa shape index (κ3) is 5.08. The number of carbonyl (C=O) groups is 1. The number of ether oxygens (including phenoxy) is 1. The first kappa shape index (κ1) is 23.3. The molecule has 3 N–H and O–H groups in total. The third-order valence-electron chi connectivity index (χ3n) is 4.38. The van der Waals surface area contributed by atoms with E-state index in [-0.39, 0.29) is 33.5 Å². The van der Waals surface area contributed by atoms with Crippen LogP contribution in [0.5, 0.6) is 11.5 Å². The Morgan fingerprint density at radius 2 is 1.81 bits per heavy atom. The molecule has 0 saturated carbocycles. The highest BCUT2D eigenvalue weighted by Gasteiger charge is 2.35. The van der Waals surface area contributed by atoms with Crippen molar-refractivity contribution in [1.82, 2.24) is 9.97 Å². The Balaban J connectivity index is 2.07. The van der Waals surface area contributed by atoms with Crippen molar-refractivity contribution in [3.05, 3.63) is 70.9 Å². The summed E-state index contributed by atoms with van der Waals surface area (Å²) in [5.41, 5.74) is -1.55. The van der Waals surface area contributed by atoms with Crippen molar-refractivity contribution in [2.24, 2.45) is 5.14 Å². The maximum Gasteiger partial charge on any atom is 0.416 e. The molecule has 3 aromatic rings. The van der Waals surface area contributed by atoms with Crippen LogP contribution in [0.15, 0.2) is 47.6 Å². The van der Waals surface area contributed by atoms with Crippen molar-refractivity contribution in [1.29, 1.82) is 0 Å². The van der Waals surface area contributed by atoms with Gasteiger partial charge in [0, 0.05) is 11.9 Å². The number of alkyl halides is 3. The molecule has 3 rings (SSSR count). The van der Waals surface area contributed by atoms with Gasteiger partial charge in [-0.05, 0) is 55.8 Å². The average molecular weight is 468 g/mol. The Kier molecular flexibility index (Phi) is 6.55. The molecule has 1 amide bonds. The van der Waals surface area contributed by atoms with Crippen molar-refractivity contribution < 1.29 is 31.3 Å². The Hall–Kier alpha value is -3.38. The molecule has 7 nitrogen and oxygen atoms in total. The molecule has 2 aromatic heterocycles. The number of aromatic nitrogens is 2. The highest BCUT2D eigenvalue weighted by molar-refractivity contribution is 7.82. The molecule has 0 spiro atoms. The largest absolute Gasteiger partial charge is 0.455 e. The molecular weight excluding hydrogens is 452 g/mol. The van der Waals surface area contributed by atoms with Crippen molar-refractivity contribution >= 4 is 22.6 Å². The predicted molar refractivity (Wildman–Crippen MR) is 108 cm³/mol. The van der Waals surface area contributed by atoms with Crippen molar-refractivity contribution in [3.63, 3.8) is 0 Å². The summed E-state index contributed by atoms with van der Waals surface area (Å²) in [6.07, 6.45) is -3.48. The predicted octanol–water partition coefficient (Wildman–Crippen LogP) is 4.28. The topological polar surface area (TPSA) is 107 Å². The summed E-state index contributed by atoms with van der Waals surface area (Å²) in [5.74, 6) is -1.82. The molecule has 0 radical (unpaired) electrons. The van der Waals surface area contributed by atoms with Crippen molar-refractivity contribution in [3.8, 4) is 11.5 Å². The number of hydrogen-bond acceptors (Lipinski definition) is 5. The van der Waals surface area contributed by atoms with E-state index >= 15 is 0 Å². The summed E-state index contributed by atoms with van der Waals surface area (Å²) >= 11 is 0. The van der Waals surface area contributed by atoms with Crippen LogP contribution in [-0.2, 0) is 17.2 Å². The highest BCUT2D eigenvalue weighted by Crippen LogP contribution is 2.38. The zero-order chi connectivity index (χ0) is 23.6. The van der Waals surface area contributed by atoms with Crippen LogP contribution in [-0.4, -0.2) is 20.1 Å². The number of benzene rings is 1. The van der Waals surface area contributed by atoms with E-state index in [1.165, 1.54) is 31.3 Å². The van der Waals surface area contributed by atoms with E-state index in [2.05, 4.69) is 15.3 Å². The number of hydrogen-bond donors (Lipinski definition) is 2. The van der Waals surface area contributed by atoms with Crippen LogP contribution in [0.1, 0.15) is 27.2 Å². The fourth-order valence-corrected chi connectivity index (χ4v) is 3.30. The Morgan fingerprint density at radius 1 is 1.12 bits per heavy atom. The Bertz CT molecular complexity index is 1220. The molecule has 2 heterocycles. The molecule has 1 atom stereocenters. The maximum absolute atomic E-state index is 13.4. The lowest BCUT2D eigenvalue weighted by Gasteiger charge is -2.18. The zero-order valence-corrected chi connectivity index (χ0v) is 17.5. The minimum atomic E-state index is -4.72. The first-order valence-electron chi connectivity index (χ1n) is 8.92. The zero-order valence-electron chi connectivity index (χ0n) is 16.7. The summed E-state index contributed by atoms with van der Waals surface area (Å²) in [7, 11) is -1.93. The molecule has 0 fully saturated rings. The van der Waals surface area contributed by atoms with Gasteiger partial charge < -0.3 is 10.1 Å². The fraction of sp³-hybridized carbons (Fsp3) is 0.150. The van der Waals surface area contributed by atoms with E-state index in [4.69, 9.17) is 9.88 Å². The minimum Gasteiger partial charge on any atom is -0.455 e. The smallest absolute Gasteiger partial charge is 0.416 e. The van der Waals surface area contributed by atoms with Crippen molar-refractivity contribution in [2.45, 2.75) is 25.0 Å². The molecular formula is C20H16F4N4O3S. The van der Waals surface area contributed by atoms with Gasteiger partial charge in [0.2, 0.25) is 5.95 Å². The summed E-state index contributed by atoms with van der Waals surface area (Å²) in [6, 6.07) is 6.64. The van der Waals surface area contributed by atoms with Crippen LogP contribution < -0.4 is 15.2 Å². The second-order valence-corrected chi connectivity index (χ2v) is 7.58. The SMILES string of the molecule is Cc1nc(F)ccc1Oc1ccc(C(F)(F)F)c(C)c1C(=O)Nc1ccnc([S@](N)=O)c1. The third-order valence-corrected chi connectivity index (χ3v) is 5.02. The van der Waals surface area contributed by atoms with Gasteiger partial charge in [-0.15, -0.1) is 0 Å². The normalized spacial score (nSPS) is 12.3. The van der Waals surface area contributed by atoms with Crippen LogP contribution in [0.25, 0.3) is 0 Å². The monoisotopic (exact) mass is 468 g/mol. The van der Waals surface area contributed by atoms with E-state index < -0.39 is 40.1 Å². The lowest BCUT2D eigenvalue weighted by molar-refractivity contribution is -0.138. The van der Waals surface area contributed by atoms with Crippen LogP contribution in [0, 0.1) is 19.8 Å². The fourth-order valence-electron chi connectivity index (χ4n) is 2.90. The molecule has 32 heavy (non-hydrogen) atoms. The summed E-state index contributed by atoms with van der Waals surface area (Å²) in [6.45, 7) is 2.58. The van der Waals surface area contributed by atoms with E-state index in [1.54, 1.807) is 0 Å². The van der Waals surface area contributed by atoms with Gasteiger partial charge in [-0.25, -0.2) is 19.3 Å². The van der Waals surface area contributed by atoms with Gasteiger partial charge in [-0.2, -0.15) is 17.6 Å². The lowest BCUT2D eigenvalue weighted by Crippen LogP contribution is -2.18. The Labute approximate surface area is 182 Å². The van der Waals surface area contributed by atoms with Crippen LogP contribution in [0.4, 0.5) is 23.2 Å². The standard InChI is InChI=1S/C20H16F4N4O3S/c1-10-13(20(22,23)24)3-4-15(31-14-5-6-16(21)27-11(14)2)18(10)19(29)28-12-7-8-26-17(9-12)32(25)30/h3-9H,25H2,1-2H3,(H,26,28,29)/t32-/m1/s1. The quantitative estimate of drug-likeness (QED) is 0.429. The van der Waals surface area contributed by atoms with Gasteiger partial charge in [-0.1, -0.05) is 0 Å². The molecule has 0 aliphatic heterocycles. The number of rotatable bonds is 5. The van der Waals surface area contributed by atoms with Gasteiger partial charge in [0.25, 0.3) is 5.91 Å². The first-order chi connectivity index (χ1) is 15.0. The second kappa shape index (κ2) is 9.01. The van der Waals surface area contributed by atoms with E-state index in [0.717, 1.165) is 25.1 Å². The molecule has 0 aliphatic rings. The average Bonchev–Trinajstić information content (AvgIpc) is 2.69. The molecule has 12 heteroatoms. The van der Waals surface area contributed by atoms with Crippen molar-refractivity contribution in [2.75, 3.05) is 5.32 Å². The van der Waals surface area contributed by atoms with Gasteiger partial charge in [-0.3, -0.25) is 4.79 Å². The summed E-state index contributed by atoms with van der Waals surface area (Å²) in [4.78, 5) is 20.4. The number of carbonyl (C=O) groups excluding carboxylic acids is 1. The first-order valence-corrected chi connectivity index (χ1v) is 10.1. The summed E-state index contributed by atoms with van der Waals surface area (Å²) < 4.78 is 70.7. The highest BCUT2D eigenvalue weighted by atomic mass is 32.2. The number of nitrogens with two attached hydrogens (primary N) is 1. The number of anilines is 1. The lowest BCUT2D eigenvalue weighted by atomic mass is 10.00. The van der Waals surface area contributed by atoms with Gasteiger partial charge >= 0.3 is 6.18 Å². The van der Waals surface area contributed by atoms with Gasteiger partial charge in [0.05, 0.1) is 16.8 Å². The molecule has 0 unspecified atom stereocenters. The van der Waals surface area contributed by atoms with E-state index in [0.29, 0.717) is 0 Å². The van der Waals surface area contributed by atoms with Crippen LogP contribution >= 0.6 is 0 Å². The van der Waals surface area contributed by atoms with Crippen LogP contribution in [0.3, 0.4) is 0 Å². The summed E-state index contributed by atoms with van der Waals surface area (Å²) in [5, 5.41) is 7.67. The number of pyridine rings is 2. The Morgan fingerprint density at radius 3 is 2.44 bits per heavy atom. The molecule has 0 saturated heterocycles. The maximum atomic E-state index is 13.4. The molecule has 1 aromatic carbocycles. The number of amides is 1. The number of halogens is 4. The molecule has 0 aliphatic carbocycles. The second-order valence-electron chi connectivity index (χ2n) is 6.56. The number of nitrogens with zero attached hydrogens (tertiary/aromatic N) is 2. The van der Waals surface area contributed by atoms with Gasteiger partial charge in [0.1, 0.15) is 27.5 Å². The molecule has 0 bridgehead atoms.